The van der Waals surface area contributed by atoms with Crippen molar-refractivity contribution in [2.45, 2.75) is 39.5 Å². The van der Waals surface area contributed by atoms with Crippen LogP contribution in [-0.2, 0) is 22.4 Å². The molecule has 1 N–H and O–H groups in total. The molecule has 0 fully saturated rings. The number of anilines is 1. The summed E-state index contributed by atoms with van der Waals surface area (Å²) in [5.41, 5.74) is 5.37. The summed E-state index contributed by atoms with van der Waals surface area (Å²) in [7, 11) is 0. The second kappa shape index (κ2) is 7.57. The molecule has 0 spiro atoms. The van der Waals surface area contributed by atoms with E-state index in [0.717, 1.165) is 46.8 Å². The Balaban J connectivity index is 2.00. The van der Waals surface area contributed by atoms with Gasteiger partial charge in [0.25, 0.3) is 5.91 Å². The molecule has 3 rings (SSSR count). The van der Waals surface area contributed by atoms with Gasteiger partial charge in [-0.3, -0.25) is 15.0 Å². The molecule has 0 bridgehead atoms. The molecule has 2 aromatic heterocycles. The van der Waals surface area contributed by atoms with Gasteiger partial charge in [0.1, 0.15) is 0 Å². The summed E-state index contributed by atoms with van der Waals surface area (Å²) in [5, 5.41) is 2.92. The number of hydrazine groups is 1. The smallest absolute Gasteiger partial charge is 0.274 e. The lowest BCUT2D eigenvalue weighted by molar-refractivity contribution is -0.133. The second-order valence-electron chi connectivity index (χ2n) is 5.87. The molecule has 7 heteroatoms. The quantitative estimate of drug-likeness (QED) is 0.505. The first-order chi connectivity index (χ1) is 12.1. The van der Waals surface area contributed by atoms with Crippen LogP contribution in [0.3, 0.4) is 0 Å². The van der Waals surface area contributed by atoms with Gasteiger partial charge in [-0.05, 0) is 51.0 Å². The summed E-state index contributed by atoms with van der Waals surface area (Å²) in [6, 6.07) is 3.91. The zero-order chi connectivity index (χ0) is 17.8. The van der Waals surface area contributed by atoms with Crippen LogP contribution in [0, 0.1) is 0 Å². The summed E-state index contributed by atoms with van der Waals surface area (Å²) in [4.78, 5) is 34.0. The first kappa shape index (κ1) is 17.3. The Hall–Kier alpha value is -2.54. The molecule has 25 heavy (non-hydrogen) atoms. The predicted octanol–water partition coefficient (Wildman–Crippen LogP) is 3.36. The van der Waals surface area contributed by atoms with Gasteiger partial charge in [0.15, 0.2) is 11.6 Å². The van der Waals surface area contributed by atoms with Crippen molar-refractivity contribution in [1.82, 2.24) is 15.0 Å². The van der Waals surface area contributed by atoms with Gasteiger partial charge in [-0.1, -0.05) is 12.1 Å². The first-order valence-electron chi connectivity index (χ1n) is 8.26. The van der Waals surface area contributed by atoms with Crippen molar-refractivity contribution in [2.75, 3.05) is 5.43 Å². The van der Waals surface area contributed by atoms with Crippen LogP contribution < -0.4 is 5.43 Å². The molecule has 0 saturated heterocycles. The summed E-state index contributed by atoms with van der Waals surface area (Å²) < 4.78 is 0. The van der Waals surface area contributed by atoms with Crippen LogP contribution >= 0.6 is 11.3 Å². The molecule has 130 valence electrons. The minimum atomic E-state index is -0.390. The van der Waals surface area contributed by atoms with Gasteiger partial charge >= 0.3 is 0 Å². The minimum Gasteiger partial charge on any atom is -0.276 e. The Kier molecular flexibility index (Phi) is 5.23. The Morgan fingerprint density at radius 1 is 1.32 bits per heavy atom. The van der Waals surface area contributed by atoms with Crippen LogP contribution in [0.1, 0.15) is 37.9 Å². The number of rotatable bonds is 5. The van der Waals surface area contributed by atoms with Crippen molar-refractivity contribution >= 4 is 29.5 Å². The number of aryl methyl sites for hydroxylation is 1. The monoisotopic (exact) mass is 356 g/mol. The zero-order valence-corrected chi connectivity index (χ0v) is 15.1. The Bertz CT molecular complexity index is 815. The Labute approximate surface area is 150 Å². The largest absolute Gasteiger partial charge is 0.276 e. The lowest BCUT2D eigenvalue weighted by Crippen LogP contribution is -2.36. The first-order valence-corrected chi connectivity index (χ1v) is 9.14. The Morgan fingerprint density at radius 3 is 2.80 bits per heavy atom. The van der Waals surface area contributed by atoms with Gasteiger partial charge in [-0.2, -0.15) is 5.01 Å². The number of nitrogens with one attached hydrogen (secondary N) is 1. The number of aromatic nitrogens is 2. The number of hydrogen-bond acceptors (Lipinski definition) is 6. The van der Waals surface area contributed by atoms with Gasteiger partial charge in [-0.15, -0.1) is 11.3 Å². The highest BCUT2D eigenvalue weighted by molar-refractivity contribution is 7.13. The van der Waals surface area contributed by atoms with Crippen LogP contribution in [0.15, 0.2) is 29.2 Å². The van der Waals surface area contributed by atoms with Gasteiger partial charge in [0.05, 0.1) is 4.88 Å². The summed E-state index contributed by atoms with van der Waals surface area (Å²) in [6.45, 7) is 3.44. The summed E-state index contributed by atoms with van der Waals surface area (Å²) in [6.07, 6.45) is 6.01. The number of thiophene rings is 1. The van der Waals surface area contributed by atoms with Gasteiger partial charge in [0, 0.05) is 16.8 Å². The fourth-order valence-corrected chi connectivity index (χ4v) is 3.41. The Morgan fingerprint density at radius 2 is 2.12 bits per heavy atom. The van der Waals surface area contributed by atoms with Gasteiger partial charge in [0.2, 0.25) is 6.41 Å². The highest BCUT2D eigenvalue weighted by atomic mass is 32.1. The van der Waals surface area contributed by atoms with E-state index in [0.29, 0.717) is 23.6 Å². The molecule has 2 amide bonds. The molecule has 2 heterocycles. The third-order valence-electron chi connectivity index (χ3n) is 4.25. The topological polar surface area (TPSA) is 75.2 Å². The van der Waals surface area contributed by atoms with Crippen LogP contribution in [0.4, 0.5) is 5.82 Å². The fourth-order valence-electron chi connectivity index (χ4n) is 2.76. The molecule has 0 aromatic carbocycles. The minimum absolute atomic E-state index is 0.390. The van der Waals surface area contributed by atoms with Crippen LogP contribution in [-0.4, -0.2) is 27.3 Å². The van der Waals surface area contributed by atoms with E-state index in [1.54, 1.807) is 31.3 Å². The standard InChI is InChI=1S/C18H20N4O2S/c1-3-12(2)18(24)22(11-23)21-16-13-7-4-5-8-14(13)19-17(20-16)15-9-6-10-25-15/h3,6,9-11H,4-5,7-8H2,1-2H3,(H,19,20,21)/b12-3-. The maximum absolute atomic E-state index is 12.3. The van der Waals surface area contributed by atoms with E-state index < -0.39 is 5.91 Å². The van der Waals surface area contributed by atoms with Gasteiger partial charge < -0.3 is 0 Å². The number of imide groups is 1. The van der Waals surface area contributed by atoms with E-state index in [1.165, 1.54) is 0 Å². The molecular formula is C18H20N4O2S. The maximum atomic E-state index is 12.3. The molecule has 0 radical (unpaired) electrons. The van der Waals surface area contributed by atoms with Crippen molar-refractivity contribution in [3.63, 3.8) is 0 Å². The predicted molar refractivity (Wildman–Crippen MR) is 98.0 cm³/mol. The maximum Gasteiger partial charge on any atom is 0.274 e. The zero-order valence-electron chi connectivity index (χ0n) is 14.3. The molecule has 0 aliphatic heterocycles. The molecule has 2 aromatic rings. The molecule has 1 aliphatic carbocycles. The third-order valence-corrected chi connectivity index (χ3v) is 5.11. The van der Waals surface area contributed by atoms with Crippen molar-refractivity contribution < 1.29 is 9.59 Å². The third kappa shape index (κ3) is 3.61. The van der Waals surface area contributed by atoms with E-state index in [2.05, 4.69) is 10.4 Å². The SMILES string of the molecule is C/C=C(/C)C(=O)N(C=O)Nc1nc(-c2cccs2)nc2c1CCCC2. The summed E-state index contributed by atoms with van der Waals surface area (Å²) in [5.74, 6) is 0.773. The number of allylic oxidation sites excluding steroid dienone is 1. The van der Waals surface area contributed by atoms with E-state index >= 15 is 0 Å². The number of carbonyl (C=O) groups excluding carboxylic acids is 2. The van der Waals surface area contributed by atoms with Crippen molar-refractivity contribution in [1.29, 1.82) is 0 Å². The summed E-state index contributed by atoms with van der Waals surface area (Å²) >= 11 is 1.56. The highest BCUT2D eigenvalue weighted by Crippen LogP contribution is 2.30. The van der Waals surface area contributed by atoms with E-state index in [4.69, 9.17) is 4.98 Å². The van der Waals surface area contributed by atoms with E-state index in [9.17, 15) is 9.59 Å². The molecular weight excluding hydrogens is 336 g/mol. The fraction of sp³-hybridized carbons (Fsp3) is 0.333. The lowest BCUT2D eigenvalue weighted by Gasteiger charge is -2.23. The average molecular weight is 356 g/mol. The van der Waals surface area contributed by atoms with Crippen molar-refractivity contribution in [2.24, 2.45) is 0 Å². The van der Waals surface area contributed by atoms with Crippen LogP contribution in [0.5, 0.6) is 0 Å². The second-order valence-corrected chi connectivity index (χ2v) is 6.82. The van der Waals surface area contributed by atoms with Gasteiger partial charge in [-0.25, -0.2) is 9.97 Å². The number of amides is 2. The van der Waals surface area contributed by atoms with E-state index in [-0.39, 0.29) is 0 Å². The number of nitrogens with zero attached hydrogens (tertiary/aromatic N) is 3. The average Bonchev–Trinajstić information content (AvgIpc) is 3.19. The molecule has 0 atom stereocenters. The number of fused-ring (bicyclic) bond motifs is 1. The lowest BCUT2D eigenvalue weighted by atomic mass is 9.96. The number of hydrogen-bond donors (Lipinski definition) is 1. The highest BCUT2D eigenvalue weighted by Gasteiger charge is 2.22. The van der Waals surface area contributed by atoms with Crippen molar-refractivity contribution in [3.8, 4) is 10.7 Å². The molecule has 1 aliphatic rings. The van der Waals surface area contributed by atoms with E-state index in [1.807, 2.05) is 17.5 Å². The van der Waals surface area contributed by atoms with Crippen LogP contribution in [0.25, 0.3) is 10.7 Å². The molecule has 0 unspecified atom stereocenters. The number of carbonyl (C=O) groups is 2. The molecule has 6 nitrogen and oxygen atoms in total. The molecule has 0 saturated carbocycles. The van der Waals surface area contributed by atoms with Crippen molar-refractivity contribution in [3.05, 3.63) is 40.4 Å². The normalized spacial score (nSPS) is 13.9. The van der Waals surface area contributed by atoms with Crippen LogP contribution in [0.2, 0.25) is 0 Å².